The van der Waals surface area contributed by atoms with Crippen molar-refractivity contribution in [3.05, 3.63) is 93.5 Å². The van der Waals surface area contributed by atoms with Crippen molar-refractivity contribution < 1.29 is 17.4 Å². The molecule has 0 bridgehead atoms. The Kier molecular flexibility index (Phi) is 7.21. The number of nitrogens with one attached hydrogen (secondary N) is 1. The van der Waals surface area contributed by atoms with E-state index in [1.54, 1.807) is 42.5 Å². The zero-order valence-corrected chi connectivity index (χ0v) is 19.0. The van der Waals surface area contributed by atoms with Crippen LogP contribution in [0.1, 0.15) is 11.1 Å². The molecular weight excluding hydrogens is 471 g/mol. The van der Waals surface area contributed by atoms with E-state index in [4.69, 9.17) is 27.4 Å². The van der Waals surface area contributed by atoms with Crippen LogP contribution in [0.2, 0.25) is 10.0 Å². The number of carbonyl (C=O) groups excluding carboxylic acids is 1. The quantitative estimate of drug-likeness (QED) is 0.277. The van der Waals surface area contributed by atoms with Gasteiger partial charge in [0.2, 0.25) is 0 Å². The highest BCUT2D eigenvalue weighted by Crippen LogP contribution is 2.36. The molecule has 0 aliphatic rings. The summed E-state index contributed by atoms with van der Waals surface area (Å²) in [6.07, 6.45) is 1.17. The van der Waals surface area contributed by atoms with Crippen LogP contribution in [0.4, 0.5) is 5.69 Å². The summed E-state index contributed by atoms with van der Waals surface area (Å²) < 4.78 is 30.6. The van der Waals surface area contributed by atoms with Crippen LogP contribution in [-0.2, 0) is 14.9 Å². The Balaban J connectivity index is 2.00. The van der Waals surface area contributed by atoms with Crippen molar-refractivity contribution in [3.63, 3.8) is 0 Å². The van der Waals surface area contributed by atoms with Gasteiger partial charge in [0.05, 0.1) is 5.02 Å². The third-order valence-electron chi connectivity index (χ3n) is 4.20. The summed E-state index contributed by atoms with van der Waals surface area (Å²) in [6.45, 7) is 1.86. The molecule has 3 rings (SSSR count). The summed E-state index contributed by atoms with van der Waals surface area (Å²) in [5, 5.41) is 12.2. The van der Waals surface area contributed by atoms with Crippen molar-refractivity contribution in [2.24, 2.45) is 0 Å². The first-order chi connectivity index (χ1) is 15.2. The van der Waals surface area contributed by atoms with Crippen LogP contribution in [-0.4, -0.2) is 14.3 Å². The van der Waals surface area contributed by atoms with Gasteiger partial charge < -0.3 is 9.50 Å². The number of anilines is 1. The van der Waals surface area contributed by atoms with Crippen molar-refractivity contribution in [2.75, 3.05) is 5.32 Å². The molecule has 1 N–H and O–H groups in total. The smallest absolute Gasteiger partial charge is 0.339 e. The third kappa shape index (κ3) is 5.68. The lowest BCUT2D eigenvalue weighted by Crippen LogP contribution is -2.14. The highest BCUT2D eigenvalue weighted by atomic mass is 35.5. The highest BCUT2D eigenvalue weighted by molar-refractivity contribution is 7.87. The minimum absolute atomic E-state index is 0.0537. The summed E-state index contributed by atoms with van der Waals surface area (Å²) in [7, 11) is -4.23. The first-order valence-corrected chi connectivity index (χ1v) is 11.3. The second kappa shape index (κ2) is 9.88. The number of nitrogens with zero attached hydrogens (tertiary/aromatic N) is 1. The summed E-state index contributed by atoms with van der Waals surface area (Å²) in [6, 6.07) is 19.0. The van der Waals surface area contributed by atoms with Crippen LogP contribution in [0, 0.1) is 18.3 Å². The van der Waals surface area contributed by atoms with Crippen LogP contribution >= 0.6 is 23.2 Å². The lowest BCUT2D eigenvalue weighted by atomic mass is 10.1. The largest absolute Gasteiger partial charge is 0.377 e. The lowest BCUT2D eigenvalue weighted by molar-refractivity contribution is -0.112. The maximum absolute atomic E-state index is 12.7. The number of benzene rings is 3. The van der Waals surface area contributed by atoms with Gasteiger partial charge in [0.15, 0.2) is 5.75 Å². The molecular formula is C23H16Cl2N2O4S. The van der Waals surface area contributed by atoms with E-state index in [0.717, 1.165) is 5.56 Å². The minimum atomic E-state index is -4.23. The van der Waals surface area contributed by atoms with E-state index in [9.17, 15) is 18.5 Å². The lowest BCUT2D eigenvalue weighted by Gasteiger charge is -2.12. The van der Waals surface area contributed by atoms with Gasteiger partial charge in [-0.15, -0.1) is 0 Å². The fourth-order valence-corrected chi connectivity index (χ4v) is 4.33. The number of carbonyl (C=O) groups is 1. The zero-order chi connectivity index (χ0) is 23.3. The molecule has 162 valence electrons. The van der Waals surface area contributed by atoms with Gasteiger partial charge in [-0.1, -0.05) is 53.5 Å². The Labute approximate surface area is 195 Å². The first-order valence-electron chi connectivity index (χ1n) is 9.18. The Morgan fingerprint density at radius 2 is 1.78 bits per heavy atom. The second-order valence-corrected chi connectivity index (χ2v) is 9.04. The third-order valence-corrected chi connectivity index (χ3v) is 5.94. The minimum Gasteiger partial charge on any atom is -0.377 e. The number of rotatable bonds is 6. The molecule has 0 fully saturated rings. The van der Waals surface area contributed by atoms with Gasteiger partial charge in [0.1, 0.15) is 16.5 Å². The molecule has 0 saturated heterocycles. The zero-order valence-electron chi connectivity index (χ0n) is 16.7. The molecule has 0 aliphatic heterocycles. The maximum Gasteiger partial charge on any atom is 0.339 e. The van der Waals surface area contributed by atoms with Crippen molar-refractivity contribution in [3.8, 4) is 11.8 Å². The van der Waals surface area contributed by atoms with Crippen LogP contribution in [0.25, 0.3) is 6.08 Å². The molecule has 3 aromatic rings. The van der Waals surface area contributed by atoms with Gasteiger partial charge in [0, 0.05) is 16.3 Å². The van der Waals surface area contributed by atoms with Gasteiger partial charge in [-0.05, 0) is 55.0 Å². The summed E-state index contributed by atoms with van der Waals surface area (Å²) >= 11 is 12.3. The van der Waals surface area contributed by atoms with E-state index in [1.807, 2.05) is 13.0 Å². The van der Waals surface area contributed by atoms with Crippen LogP contribution in [0.3, 0.4) is 0 Å². The van der Waals surface area contributed by atoms with Gasteiger partial charge in [-0.3, -0.25) is 4.79 Å². The fourth-order valence-electron chi connectivity index (χ4n) is 2.75. The van der Waals surface area contributed by atoms with E-state index in [-0.39, 0.29) is 31.8 Å². The second-order valence-electron chi connectivity index (χ2n) is 6.65. The van der Waals surface area contributed by atoms with E-state index in [2.05, 4.69) is 5.32 Å². The molecule has 0 heterocycles. The summed E-state index contributed by atoms with van der Waals surface area (Å²) in [5.41, 5.74) is 1.18. The average Bonchev–Trinajstić information content (AvgIpc) is 2.74. The number of aryl methyl sites for hydroxylation is 1. The van der Waals surface area contributed by atoms with Crippen molar-refractivity contribution >= 4 is 51.0 Å². The molecule has 1 amide bonds. The molecule has 0 aliphatic carbocycles. The predicted molar refractivity (Wildman–Crippen MR) is 124 cm³/mol. The molecule has 0 radical (unpaired) electrons. The van der Waals surface area contributed by atoms with Crippen molar-refractivity contribution in [1.29, 1.82) is 5.26 Å². The standard InChI is InChI=1S/C23H16Cl2N2O4S/c1-15-6-5-7-19(10-15)27-23(28)17(14-26)11-16-12-18(24)13-21(25)22(16)31-32(29,30)20-8-3-2-4-9-20/h2-13H,1H3,(H,27,28)/b17-11+. The highest BCUT2D eigenvalue weighted by Gasteiger charge is 2.22. The summed E-state index contributed by atoms with van der Waals surface area (Å²) in [4.78, 5) is 12.5. The molecule has 9 heteroatoms. The van der Waals surface area contributed by atoms with Gasteiger partial charge in [0.25, 0.3) is 5.91 Å². The molecule has 3 aromatic carbocycles. The molecule has 0 saturated carbocycles. The topological polar surface area (TPSA) is 96.3 Å². The molecule has 0 spiro atoms. The van der Waals surface area contributed by atoms with Crippen molar-refractivity contribution in [1.82, 2.24) is 0 Å². The number of halogens is 2. The monoisotopic (exact) mass is 486 g/mol. The summed E-state index contributed by atoms with van der Waals surface area (Å²) in [5.74, 6) is -0.943. The number of hydrogen-bond donors (Lipinski definition) is 1. The Bertz CT molecular complexity index is 1350. The van der Waals surface area contributed by atoms with E-state index in [0.29, 0.717) is 5.69 Å². The SMILES string of the molecule is Cc1cccc(NC(=O)/C(C#N)=C/c2cc(Cl)cc(Cl)c2OS(=O)(=O)c2ccccc2)c1. The van der Waals surface area contributed by atoms with Gasteiger partial charge in [-0.2, -0.15) is 13.7 Å². The predicted octanol–water partition coefficient (Wildman–Crippen LogP) is 5.62. The number of hydrogen-bond acceptors (Lipinski definition) is 5. The van der Waals surface area contributed by atoms with Gasteiger partial charge in [-0.25, -0.2) is 0 Å². The number of nitriles is 1. The van der Waals surface area contributed by atoms with Crippen LogP contribution in [0.5, 0.6) is 5.75 Å². The Hall–Kier alpha value is -3.31. The van der Waals surface area contributed by atoms with Gasteiger partial charge >= 0.3 is 10.1 Å². The Morgan fingerprint density at radius 1 is 1.06 bits per heavy atom. The molecule has 0 aromatic heterocycles. The maximum atomic E-state index is 12.7. The van der Waals surface area contributed by atoms with Crippen LogP contribution in [0.15, 0.2) is 77.2 Å². The van der Waals surface area contributed by atoms with E-state index < -0.39 is 16.0 Å². The molecule has 0 unspecified atom stereocenters. The van der Waals surface area contributed by atoms with Crippen molar-refractivity contribution in [2.45, 2.75) is 11.8 Å². The average molecular weight is 487 g/mol. The molecule has 0 atom stereocenters. The van der Waals surface area contributed by atoms with E-state index >= 15 is 0 Å². The fraction of sp³-hybridized carbons (Fsp3) is 0.0435. The normalized spacial score (nSPS) is 11.5. The molecule has 32 heavy (non-hydrogen) atoms. The number of amides is 1. The molecule has 6 nitrogen and oxygen atoms in total. The van der Waals surface area contributed by atoms with E-state index in [1.165, 1.54) is 30.3 Å². The van der Waals surface area contributed by atoms with Crippen LogP contribution < -0.4 is 9.50 Å². The Morgan fingerprint density at radius 3 is 2.44 bits per heavy atom. The first kappa shape index (κ1) is 23.4.